The first-order valence-corrected chi connectivity index (χ1v) is 6.71. The molecule has 1 rings (SSSR count). The molecular weight excluding hydrogens is 307 g/mol. The third-order valence-electron chi connectivity index (χ3n) is 3.04. The van der Waals surface area contributed by atoms with E-state index in [4.69, 9.17) is 15.6 Å². The Hall–Kier alpha value is -2.00. The zero-order valence-electron chi connectivity index (χ0n) is 12.1. The number of nitrogens with two attached hydrogens (primary N) is 1. The number of aliphatic carboxylic acids is 1. The number of halogens is 3. The quantitative estimate of drug-likeness (QED) is 0.617. The van der Waals surface area contributed by atoms with Crippen molar-refractivity contribution in [2.75, 3.05) is 6.54 Å². The summed E-state index contributed by atoms with van der Waals surface area (Å²) < 4.78 is 31.7. The van der Waals surface area contributed by atoms with Gasteiger partial charge in [-0.15, -0.1) is 0 Å². The molecule has 1 aliphatic rings. The molecule has 0 radical (unpaired) electrons. The Bertz CT molecular complexity index is 394. The van der Waals surface area contributed by atoms with Crippen molar-refractivity contribution in [1.29, 1.82) is 0 Å². The molecule has 7 nitrogen and oxygen atoms in total. The van der Waals surface area contributed by atoms with Crippen molar-refractivity contribution < 1.29 is 32.7 Å². The van der Waals surface area contributed by atoms with Gasteiger partial charge in [-0.25, -0.2) is 9.59 Å². The molecule has 0 bridgehead atoms. The molecule has 10 heteroatoms. The summed E-state index contributed by atoms with van der Waals surface area (Å²) in [5, 5.41) is 12.7. The molecule has 0 aromatic carbocycles. The number of carbonyl (C=O) groups is 3. The first kappa shape index (κ1) is 20.0. The maximum atomic E-state index is 11.2. The molecule has 128 valence electrons. The zero-order valence-corrected chi connectivity index (χ0v) is 12.1. The molecular formula is C12H20F3N3O4. The van der Waals surface area contributed by atoms with E-state index < -0.39 is 12.1 Å². The SMILES string of the molecule is CCNC(=O)NC1CCC(C(N)=O)CC1.O=C(O)C(F)(F)F. The van der Waals surface area contributed by atoms with Crippen LogP contribution in [0.1, 0.15) is 32.6 Å². The minimum Gasteiger partial charge on any atom is -0.475 e. The first-order valence-electron chi connectivity index (χ1n) is 6.71. The van der Waals surface area contributed by atoms with Crippen LogP contribution in [0.3, 0.4) is 0 Å². The van der Waals surface area contributed by atoms with Gasteiger partial charge in [0.25, 0.3) is 0 Å². The Morgan fingerprint density at radius 3 is 1.95 bits per heavy atom. The van der Waals surface area contributed by atoms with Crippen LogP contribution in [0.25, 0.3) is 0 Å². The number of urea groups is 1. The molecule has 1 aliphatic carbocycles. The Kier molecular flexibility index (Phi) is 8.28. The number of alkyl halides is 3. The van der Waals surface area contributed by atoms with Gasteiger partial charge in [-0.3, -0.25) is 4.79 Å². The van der Waals surface area contributed by atoms with Crippen molar-refractivity contribution in [2.24, 2.45) is 11.7 Å². The maximum absolute atomic E-state index is 11.2. The van der Waals surface area contributed by atoms with E-state index in [9.17, 15) is 22.8 Å². The molecule has 0 atom stereocenters. The Balaban J connectivity index is 0.000000534. The highest BCUT2D eigenvalue weighted by molar-refractivity contribution is 5.77. The molecule has 0 spiro atoms. The molecule has 0 unspecified atom stereocenters. The minimum atomic E-state index is -5.08. The summed E-state index contributed by atoms with van der Waals surface area (Å²) in [5.74, 6) is -2.98. The third-order valence-corrected chi connectivity index (χ3v) is 3.04. The van der Waals surface area contributed by atoms with E-state index in [-0.39, 0.29) is 23.9 Å². The van der Waals surface area contributed by atoms with Crippen molar-refractivity contribution in [3.8, 4) is 0 Å². The molecule has 3 amide bonds. The predicted molar refractivity (Wildman–Crippen MR) is 70.8 cm³/mol. The zero-order chi connectivity index (χ0) is 17.3. The van der Waals surface area contributed by atoms with Crippen molar-refractivity contribution in [2.45, 2.75) is 44.8 Å². The Labute approximate surface area is 125 Å². The molecule has 0 aromatic heterocycles. The second kappa shape index (κ2) is 9.11. The monoisotopic (exact) mass is 327 g/mol. The van der Waals surface area contributed by atoms with E-state index in [2.05, 4.69) is 10.6 Å². The maximum Gasteiger partial charge on any atom is 0.490 e. The molecule has 1 fully saturated rings. The summed E-state index contributed by atoms with van der Waals surface area (Å²) in [6, 6.07) is 0.0622. The molecule has 0 heterocycles. The van der Waals surface area contributed by atoms with Crippen LogP contribution < -0.4 is 16.4 Å². The lowest BCUT2D eigenvalue weighted by molar-refractivity contribution is -0.192. The fraction of sp³-hybridized carbons (Fsp3) is 0.750. The number of amides is 3. The van der Waals surface area contributed by atoms with Crippen LogP contribution in [-0.4, -0.2) is 41.8 Å². The average molecular weight is 327 g/mol. The summed E-state index contributed by atoms with van der Waals surface area (Å²) in [4.78, 5) is 31.0. The highest BCUT2D eigenvalue weighted by Crippen LogP contribution is 2.23. The van der Waals surface area contributed by atoms with Gasteiger partial charge in [0.15, 0.2) is 0 Å². The molecule has 1 saturated carbocycles. The van der Waals surface area contributed by atoms with Crippen LogP contribution in [-0.2, 0) is 9.59 Å². The number of nitrogens with one attached hydrogen (secondary N) is 2. The number of hydrogen-bond donors (Lipinski definition) is 4. The molecule has 0 aromatic rings. The van der Waals surface area contributed by atoms with Gasteiger partial charge < -0.3 is 21.5 Å². The van der Waals surface area contributed by atoms with Gasteiger partial charge in [-0.2, -0.15) is 13.2 Å². The second-order valence-electron chi connectivity index (χ2n) is 4.76. The lowest BCUT2D eigenvalue weighted by Crippen LogP contribution is -2.44. The molecule has 22 heavy (non-hydrogen) atoms. The van der Waals surface area contributed by atoms with Crippen LogP contribution >= 0.6 is 0 Å². The number of hydrogen-bond acceptors (Lipinski definition) is 3. The third kappa shape index (κ3) is 8.32. The lowest BCUT2D eigenvalue weighted by Gasteiger charge is -2.27. The summed E-state index contributed by atoms with van der Waals surface area (Å²) >= 11 is 0. The molecule has 0 saturated heterocycles. The van der Waals surface area contributed by atoms with Crippen LogP contribution in [0, 0.1) is 5.92 Å². The lowest BCUT2D eigenvalue weighted by atomic mass is 9.86. The van der Waals surface area contributed by atoms with E-state index in [0.29, 0.717) is 6.54 Å². The average Bonchev–Trinajstić information content (AvgIpc) is 2.39. The van der Waals surface area contributed by atoms with E-state index >= 15 is 0 Å². The second-order valence-corrected chi connectivity index (χ2v) is 4.76. The van der Waals surface area contributed by atoms with E-state index in [1.165, 1.54) is 0 Å². The molecule has 5 N–H and O–H groups in total. The minimum absolute atomic E-state index is 0.00251. The fourth-order valence-electron chi connectivity index (χ4n) is 1.92. The Morgan fingerprint density at radius 1 is 1.18 bits per heavy atom. The summed E-state index contributed by atoms with van der Waals surface area (Å²) in [6.07, 6.45) is -1.84. The summed E-state index contributed by atoms with van der Waals surface area (Å²) in [6.45, 7) is 2.51. The number of carboxylic acid groups (broad SMARTS) is 1. The molecule has 0 aliphatic heterocycles. The van der Waals surface area contributed by atoms with Gasteiger partial charge in [-0.1, -0.05) is 0 Å². The standard InChI is InChI=1S/C10H19N3O2.C2HF3O2/c1-2-12-10(15)13-8-5-3-7(4-6-8)9(11)14;3-2(4,5)1(6)7/h7-8H,2-6H2,1H3,(H2,11,14)(H2,12,13,15);(H,6,7). The number of carbonyl (C=O) groups excluding carboxylic acids is 2. The number of carboxylic acids is 1. The number of primary amides is 1. The summed E-state index contributed by atoms with van der Waals surface area (Å²) in [7, 11) is 0. The van der Waals surface area contributed by atoms with Crippen LogP contribution in [0.2, 0.25) is 0 Å². The number of rotatable bonds is 3. The van der Waals surface area contributed by atoms with Gasteiger partial charge >= 0.3 is 18.2 Å². The predicted octanol–water partition coefficient (Wildman–Crippen LogP) is 0.983. The van der Waals surface area contributed by atoms with Crippen LogP contribution in [0.15, 0.2) is 0 Å². The van der Waals surface area contributed by atoms with Gasteiger partial charge in [-0.05, 0) is 32.6 Å². The van der Waals surface area contributed by atoms with Crippen molar-refractivity contribution in [3.05, 3.63) is 0 Å². The van der Waals surface area contributed by atoms with Crippen molar-refractivity contribution >= 4 is 17.9 Å². The van der Waals surface area contributed by atoms with E-state index in [1.807, 2.05) is 6.92 Å². The first-order chi connectivity index (χ1) is 10.1. The Morgan fingerprint density at radius 2 is 1.64 bits per heavy atom. The van der Waals surface area contributed by atoms with Crippen LogP contribution in [0.5, 0.6) is 0 Å². The summed E-state index contributed by atoms with van der Waals surface area (Å²) in [5.41, 5.74) is 5.22. The van der Waals surface area contributed by atoms with Gasteiger partial charge in [0.1, 0.15) is 0 Å². The van der Waals surface area contributed by atoms with E-state index in [1.54, 1.807) is 0 Å². The normalized spacial score (nSPS) is 21.1. The smallest absolute Gasteiger partial charge is 0.475 e. The fourth-order valence-corrected chi connectivity index (χ4v) is 1.92. The van der Waals surface area contributed by atoms with E-state index in [0.717, 1.165) is 25.7 Å². The van der Waals surface area contributed by atoms with Gasteiger partial charge in [0.05, 0.1) is 0 Å². The topological polar surface area (TPSA) is 122 Å². The highest BCUT2D eigenvalue weighted by atomic mass is 19.4. The largest absolute Gasteiger partial charge is 0.490 e. The highest BCUT2D eigenvalue weighted by Gasteiger charge is 2.38. The van der Waals surface area contributed by atoms with Crippen molar-refractivity contribution in [1.82, 2.24) is 10.6 Å². The van der Waals surface area contributed by atoms with Gasteiger partial charge in [0.2, 0.25) is 5.91 Å². The van der Waals surface area contributed by atoms with Gasteiger partial charge in [0, 0.05) is 18.5 Å². The van der Waals surface area contributed by atoms with Crippen LogP contribution in [0.4, 0.5) is 18.0 Å². The van der Waals surface area contributed by atoms with Crippen molar-refractivity contribution in [3.63, 3.8) is 0 Å².